The number of methoxy groups -OCH3 is 3. The van der Waals surface area contributed by atoms with Crippen LogP contribution in [0.2, 0.25) is 0 Å². The van der Waals surface area contributed by atoms with Gasteiger partial charge in [0.1, 0.15) is 11.4 Å². The summed E-state index contributed by atoms with van der Waals surface area (Å²) in [5.41, 5.74) is 0.749. The molecule has 1 heterocycles. The molecule has 50 heavy (non-hydrogen) atoms. The van der Waals surface area contributed by atoms with E-state index < -0.39 is 11.7 Å². The summed E-state index contributed by atoms with van der Waals surface area (Å²) in [6.45, 7) is 11.4. The van der Waals surface area contributed by atoms with Crippen molar-refractivity contribution >= 4 is 17.9 Å². The van der Waals surface area contributed by atoms with Crippen molar-refractivity contribution < 1.29 is 38.1 Å². The highest BCUT2D eigenvalue weighted by Crippen LogP contribution is 2.33. The summed E-state index contributed by atoms with van der Waals surface area (Å²) < 4.78 is 27.8. The first-order chi connectivity index (χ1) is 23.8. The van der Waals surface area contributed by atoms with Gasteiger partial charge in [0.25, 0.3) is 5.91 Å². The highest BCUT2D eigenvalue weighted by Gasteiger charge is 2.40. The maximum atomic E-state index is 14.2. The molecule has 11 nitrogen and oxygen atoms in total. The van der Waals surface area contributed by atoms with Crippen molar-refractivity contribution in [2.75, 3.05) is 47.6 Å². The van der Waals surface area contributed by atoms with Gasteiger partial charge in [0.15, 0.2) is 11.5 Å². The number of hydrogen-bond donors (Lipinski definition) is 0. The molecule has 1 aliphatic heterocycles. The van der Waals surface area contributed by atoms with Crippen LogP contribution in [0, 0.1) is 0 Å². The Morgan fingerprint density at radius 1 is 0.880 bits per heavy atom. The minimum absolute atomic E-state index is 0.0910. The molecule has 0 aromatic heterocycles. The maximum absolute atomic E-state index is 14.2. The van der Waals surface area contributed by atoms with Crippen molar-refractivity contribution in [3.63, 3.8) is 0 Å². The van der Waals surface area contributed by atoms with Crippen molar-refractivity contribution in [1.82, 2.24) is 14.7 Å². The van der Waals surface area contributed by atoms with Crippen molar-refractivity contribution in [3.8, 4) is 17.2 Å². The van der Waals surface area contributed by atoms with E-state index in [1.165, 1.54) is 0 Å². The van der Waals surface area contributed by atoms with Gasteiger partial charge in [-0.3, -0.25) is 9.59 Å². The lowest BCUT2D eigenvalue weighted by molar-refractivity contribution is -0.131. The van der Waals surface area contributed by atoms with Crippen LogP contribution in [-0.4, -0.2) is 110 Å². The number of likely N-dealkylation sites (tertiary alicyclic amines) is 1. The zero-order valence-corrected chi connectivity index (χ0v) is 31.2. The first-order valence-electron chi connectivity index (χ1n) is 17.9. The van der Waals surface area contributed by atoms with Crippen LogP contribution in [0.3, 0.4) is 0 Å². The van der Waals surface area contributed by atoms with E-state index in [0.717, 1.165) is 24.2 Å². The number of amides is 3. The van der Waals surface area contributed by atoms with Gasteiger partial charge >= 0.3 is 6.09 Å². The molecule has 4 rings (SSSR count). The molecule has 2 aliphatic rings. The molecule has 0 N–H and O–H groups in total. The third-order valence-corrected chi connectivity index (χ3v) is 9.18. The molecule has 2 aromatic carbocycles. The molecule has 1 aliphatic carbocycles. The van der Waals surface area contributed by atoms with Gasteiger partial charge in [0, 0.05) is 56.9 Å². The summed E-state index contributed by atoms with van der Waals surface area (Å²) in [7, 11) is 4.84. The molecule has 0 unspecified atom stereocenters. The lowest BCUT2D eigenvalue weighted by atomic mass is 9.93. The summed E-state index contributed by atoms with van der Waals surface area (Å²) in [6, 6.07) is 12.6. The number of benzene rings is 2. The fourth-order valence-electron chi connectivity index (χ4n) is 6.56. The molecule has 0 bridgehead atoms. The lowest BCUT2D eigenvalue weighted by Gasteiger charge is -2.45. The standard InChI is InChI=1S/C39H57N3O8/c1-27(2)42(37(44)29-12-19-34(48-8)35(25-29)49-23-9-22-46-6)32-16-15-31(41(26-32)38(45)50-39(3,4)5)20-21-40(30-13-14-30)36(43)24-28-10-17-33(47-7)18-11-28/h10-12,17-19,25,27,30-32H,9,13-16,20-24,26H2,1-8H3/t31-,32+/m0/s1. The SMILES string of the molecule is COCCCOc1cc(C(=O)N(C(C)C)[C@@H]2CC[C@@H](CCN(C(=O)Cc3ccc(OC)cc3)C3CC3)N(C(=O)OC(C)(C)C)C2)ccc1OC. The Bertz CT molecular complexity index is 1420. The van der Waals surface area contributed by atoms with Crippen LogP contribution < -0.4 is 14.2 Å². The summed E-state index contributed by atoms with van der Waals surface area (Å²) in [4.78, 5) is 47.1. The van der Waals surface area contributed by atoms with Gasteiger partial charge in [0.2, 0.25) is 5.91 Å². The largest absolute Gasteiger partial charge is 0.497 e. The van der Waals surface area contributed by atoms with Crippen molar-refractivity contribution in [2.24, 2.45) is 0 Å². The molecule has 2 aromatic rings. The van der Waals surface area contributed by atoms with Crippen LogP contribution in [0.4, 0.5) is 4.79 Å². The van der Waals surface area contributed by atoms with Crippen LogP contribution in [0.15, 0.2) is 42.5 Å². The topological polar surface area (TPSA) is 107 Å². The Balaban J connectivity index is 1.50. The molecule has 0 spiro atoms. The fourth-order valence-corrected chi connectivity index (χ4v) is 6.56. The average molecular weight is 696 g/mol. The number of carbonyl (C=O) groups is 3. The molecule has 11 heteroatoms. The summed E-state index contributed by atoms with van der Waals surface area (Å²) in [5, 5.41) is 0. The second-order valence-electron chi connectivity index (χ2n) is 14.5. The van der Waals surface area contributed by atoms with Gasteiger partial charge < -0.3 is 38.4 Å². The summed E-state index contributed by atoms with van der Waals surface area (Å²) in [5.74, 6) is 1.76. The van der Waals surface area contributed by atoms with E-state index in [1.54, 1.807) is 44.4 Å². The molecule has 3 amide bonds. The lowest BCUT2D eigenvalue weighted by Crippen LogP contribution is -2.58. The Hall–Kier alpha value is -3.99. The van der Waals surface area contributed by atoms with E-state index in [2.05, 4.69) is 0 Å². The zero-order chi connectivity index (χ0) is 36.4. The van der Waals surface area contributed by atoms with Crippen LogP contribution in [-0.2, 0) is 20.7 Å². The number of carbonyl (C=O) groups excluding carboxylic acids is 3. The number of ether oxygens (including phenoxy) is 5. The number of piperidine rings is 1. The Morgan fingerprint density at radius 2 is 1.58 bits per heavy atom. The van der Waals surface area contributed by atoms with Gasteiger partial charge in [0.05, 0.1) is 33.3 Å². The first-order valence-corrected chi connectivity index (χ1v) is 17.9. The summed E-state index contributed by atoms with van der Waals surface area (Å²) in [6.07, 6.45) is 4.64. The second kappa shape index (κ2) is 17.8. The van der Waals surface area contributed by atoms with Crippen molar-refractivity contribution in [2.45, 2.75) is 109 Å². The molecule has 276 valence electrons. The van der Waals surface area contributed by atoms with E-state index >= 15 is 0 Å². The highest BCUT2D eigenvalue weighted by atomic mass is 16.6. The van der Waals surface area contributed by atoms with Crippen LogP contribution >= 0.6 is 0 Å². The third-order valence-electron chi connectivity index (χ3n) is 9.18. The minimum Gasteiger partial charge on any atom is -0.497 e. The number of nitrogens with zero attached hydrogens (tertiary/aromatic N) is 3. The van der Waals surface area contributed by atoms with E-state index in [4.69, 9.17) is 23.7 Å². The second-order valence-corrected chi connectivity index (χ2v) is 14.5. The molecular weight excluding hydrogens is 638 g/mol. The van der Waals surface area contributed by atoms with Crippen LogP contribution in [0.25, 0.3) is 0 Å². The normalized spacial score (nSPS) is 17.7. The maximum Gasteiger partial charge on any atom is 0.410 e. The Morgan fingerprint density at radius 3 is 2.18 bits per heavy atom. The minimum atomic E-state index is -0.681. The molecule has 1 saturated carbocycles. The quantitative estimate of drug-likeness (QED) is 0.187. The Kier molecular flexibility index (Phi) is 13.8. The molecule has 2 atom stereocenters. The first kappa shape index (κ1) is 38.8. The summed E-state index contributed by atoms with van der Waals surface area (Å²) >= 11 is 0. The molecule has 1 saturated heterocycles. The zero-order valence-electron chi connectivity index (χ0n) is 31.2. The van der Waals surface area contributed by atoms with E-state index in [9.17, 15) is 14.4 Å². The Labute approximate surface area is 298 Å². The van der Waals surface area contributed by atoms with Gasteiger partial charge in [-0.2, -0.15) is 0 Å². The van der Waals surface area contributed by atoms with Crippen molar-refractivity contribution in [1.29, 1.82) is 0 Å². The predicted molar refractivity (Wildman–Crippen MR) is 192 cm³/mol. The van der Waals surface area contributed by atoms with Crippen molar-refractivity contribution in [3.05, 3.63) is 53.6 Å². The fraction of sp³-hybridized carbons (Fsp3) is 0.615. The van der Waals surface area contributed by atoms with Gasteiger partial charge in [-0.05, 0) is 103 Å². The molecule has 0 radical (unpaired) electrons. The monoisotopic (exact) mass is 695 g/mol. The number of hydrogen-bond acceptors (Lipinski definition) is 8. The van der Waals surface area contributed by atoms with E-state index in [1.807, 2.05) is 68.7 Å². The van der Waals surface area contributed by atoms with E-state index in [-0.39, 0.29) is 36.0 Å². The van der Waals surface area contributed by atoms with E-state index in [0.29, 0.717) is 75.5 Å². The molecular formula is C39H57N3O8. The van der Waals surface area contributed by atoms with Gasteiger partial charge in [-0.25, -0.2) is 4.79 Å². The smallest absolute Gasteiger partial charge is 0.410 e. The van der Waals surface area contributed by atoms with Crippen LogP contribution in [0.5, 0.6) is 17.2 Å². The van der Waals surface area contributed by atoms with Gasteiger partial charge in [-0.15, -0.1) is 0 Å². The average Bonchev–Trinajstić information content (AvgIpc) is 3.92. The van der Waals surface area contributed by atoms with Gasteiger partial charge in [-0.1, -0.05) is 12.1 Å². The third kappa shape index (κ3) is 10.8. The van der Waals surface area contributed by atoms with Crippen LogP contribution in [0.1, 0.15) is 89.1 Å². The predicted octanol–water partition coefficient (Wildman–Crippen LogP) is 6.36. The highest BCUT2D eigenvalue weighted by molar-refractivity contribution is 5.95. The molecule has 2 fully saturated rings. The number of rotatable bonds is 16.